The Morgan fingerprint density at radius 3 is 2.24 bits per heavy atom. The van der Waals surface area contributed by atoms with Crippen LogP contribution in [-0.2, 0) is 0 Å². The summed E-state index contributed by atoms with van der Waals surface area (Å²) in [5.41, 5.74) is 0. The molecule has 3 heteroatoms. The molecule has 0 saturated heterocycles. The van der Waals surface area contributed by atoms with Crippen molar-refractivity contribution in [3.8, 4) is 0 Å². The van der Waals surface area contributed by atoms with E-state index in [0.717, 1.165) is 6.42 Å². The van der Waals surface area contributed by atoms with Gasteiger partial charge in [-0.05, 0) is 18.9 Å². The lowest BCUT2D eigenvalue weighted by atomic mass is 10.1. The highest BCUT2D eigenvalue weighted by molar-refractivity contribution is 5.18. The summed E-state index contributed by atoms with van der Waals surface area (Å²) in [6.07, 6.45) is 16.4. The monoisotopic (exact) mass is 238 g/mol. The Bertz CT molecular complexity index is 295. The molecule has 0 atom stereocenters. The molecule has 0 aliphatic rings. The molecule has 0 heterocycles. The lowest BCUT2D eigenvalue weighted by Gasteiger charge is -1.92. The van der Waals surface area contributed by atoms with Gasteiger partial charge < -0.3 is 15.3 Å². The first-order valence-corrected chi connectivity index (χ1v) is 5.99. The Kier molecular flexibility index (Phi) is 9.82. The van der Waals surface area contributed by atoms with E-state index < -0.39 is 11.7 Å². The average molecular weight is 238 g/mol. The fourth-order valence-electron chi connectivity index (χ4n) is 1.21. The molecule has 0 aromatic carbocycles. The summed E-state index contributed by atoms with van der Waals surface area (Å²) in [4.78, 5) is 0. The molecule has 96 valence electrons. The first kappa shape index (κ1) is 15.4. The van der Waals surface area contributed by atoms with Crippen LogP contribution in [0, 0.1) is 0 Å². The third-order valence-electron chi connectivity index (χ3n) is 2.18. The van der Waals surface area contributed by atoms with Gasteiger partial charge in [-0.2, -0.15) is 0 Å². The van der Waals surface area contributed by atoms with Crippen molar-refractivity contribution < 1.29 is 15.3 Å². The van der Waals surface area contributed by atoms with E-state index in [1.165, 1.54) is 37.8 Å². The van der Waals surface area contributed by atoms with Crippen LogP contribution >= 0.6 is 0 Å². The van der Waals surface area contributed by atoms with Crippen molar-refractivity contribution in [2.24, 2.45) is 0 Å². The summed E-state index contributed by atoms with van der Waals surface area (Å²) < 4.78 is 0. The fourth-order valence-corrected chi connectivity index (χ4v) is 1.21. The molecule has 0 aromatic rings. The Labute approximate surface area is 103 Å². The molecule has 17 heavy (non-hydrogen) atoms. The third-order valence-corrected chi connectivity index (χ3v) is 2.18. The first-order chi connectivity index (χ1) is 8.18. The van der Waals surface area contributed by atoms with Crippen molar-refractivity contribution in [1.29, 1.82) is 0 Å². The largest absolute Gasteiger partial charge is 0.502 e. The predicted molar refractivity (Wildman–Crippen MR) is 71.1 cm³/mol. The van der Waals surface area contributed by atoms with Crippen LogP contribution in [0.2, 0.25) is 0 Å². The second-order valence-corrected chi connectivity index (χ2v) is 3.73. The van der Waals surface area contributed by atoms with Gasteiger partial charge in [0.1, 0.15) is 0 Å². The van der Waals surface area contributed by atoms with E-state index in [4.69, 9.17) is 15.3 Å². The molecule has 0 bridgehead atoms. The van der Waals surface area contributed by atoms with Crippen molar-refractivity contribution in [2.45, 2.75) is 39.0 Å². The fraction of sp³-hybridized carbons (Fsp3) is 0.429. The Morgan fingerprint density at radius 2 is 1.59 bits per heavy atom. The molecule has 0 aliphatic heterocycles. The molecular weight excluding hydrogens is 216 g/mol. The van der Waals surface area contributed by atoms with Gasteiger partial charge in [-0.15, -0.1) is 0 Å². The zero-order valence-electron chi connectivity index (χ0n) is 10.3. The second-order valence-electron chi connectivity index (χ2n) is 3.73. The van der Waals surface area contributed by atoms with Gasteiger partial charge in [-0.1, -0.05) is 56.6 Å². The van der Waals surface area contributed by atoms with E-state index in [9.17, 15) is 0 Å². The molecule has 0 radical (unpaired) electrons. The van der Waals surface area contributed by atoms with E-state index in [0.29, 0.717) is 0 Å². The van der Waals surface area contributed by atoms with Gasteiger partial charge in [0.25, 0.3) is 0 Å². The third kappa shape index (κ3) is 10.6. The SMILES string of the molecule is CCCCCCC=CC=CC=CC(O)=C(O)O. The zero-order valence-corrected chi connectivity index (χ0v) is 10.3. The van der Waals surface area contributed by atoms with Crippen LogP contribution in [-0.4, -0.2) is 15.3 Å². The average Bonchev–Trinajstić information content (AvgIpc) is 2.31. The van der Waals surface area contributed by atoms with E-state index >= 15 is 0 Å². The molecule has 3 nitrogen and oxygen atoms in total. The van der Waals surface area contributed by atoms with E-state index in [-0.39, 0.29) is 0 Å². The molecule has 0 aliphatic carbocycles. The molecular formula is C14H22O3. The maximum absolute atomic E-state index is 8.89. The molecule has 3 N–H and O–H groups in total. The lowest BCUT2D eigenvalue weighted by molar-refractivity contribution is 0.163. The van der Waals surface area contributed by atoms with Gasteiger partial charge in [0.15, 0.2) is 5.76 Å². The van der Waals surface area contributed by atoms with Crippen LogP contribution in [0.15, 0.2) is 48.2 Å². The molecule has 0 saturated carbocycles. The Morgan fingerprint density at radius 1 is 0.882 bits per heavy atom. The van der Waals surface area contributed by atoms with E-state index in [1.807, 2.05) is 12.2 Å². The number of rotatable bonds is 8. The predicted octanol–water partition coefficient (Wildman–Crippen LogP) is 4.47. The maximum atomic E-state index is 8.89. The standard InChI is InChI=1S/C14H22O3/c1-2-3-4-5-6-7-8-9-10-11-12-13(15)14(16)17/h7-12,15-17H,2-6H2,1H3. The van der Waals surface area contributed by atoms with Gasteiger partial charge in [0.05, 0.1) is 0 Å². The van der Waals surface area contributed by atoms with E-state index in [2.05, 4.69) is 13.0 Å². The highest BCUT2D eigenvalue weighted by Crippen LogP contribution is 2.02. The van der Waals surface area contributed by atoms with Gasteiger partial charge in [-0.3, -0.25) is 0 Å². The molecule has 0 fully saturated rings. The van der Waals surface area contributed by atoms with Crippen molar-refractivity contribution >= 4 is 0 Å². The highest BCUT2D eigenvalue weighted by atomic mass is 16.5. The Hall–Kier alpha value is -1.64. The molecule has 0 rings (SSSR count). The maximum Gasteiger partial charge on any atom is 0.318 e. The molecule has 0 unspecified atom stereocenters. The number of allylic oxidation sites excluding steroid dienone is 6. The summed E-state index contributed by atoms with van der Waals surface area (Å²) in [5.74, 6) is -1.61. The minimum Gasteiger partial charge on any atom is -0.502 e. The van der Waals surface area contributed by atoms with Crippen LogP contribution in [0.4, 0.5) is 0 Å². The minimum atomic E-state index is -1.07. The van der Waals surface area contributed by atoms with Gasteiger partial charge >= 0.3 is 5.95 Å². The smallest absolute Gasteiger partial charge is 0.318 e. The molecule has 0 spiro atoms. The van der Waals surface area contributed by atoms with Crippen LogP contribution in [0.1, 0.15) is 39.0 Å². The molecule has 0 amide bonds. The summed E-state index contributed by atoms with van der Waals surface area (Å²) in [6, 6.07) is 0. The van der Waals surface area contributed by atoms with Gasteiger partial charge in [-0.25, -0.2) is 0 Å². The summed E-state index contributed by atoms with van der Waals surface area (Å²) in [6.45, 7) is 2.19. The quantitative estimate of drug-likeness (QED) is 0.332. The summed E-state index contributed by atoms with van der Waals surface area (Å²) in [7, 11) is 0. The van der Waals surface area contributed by atoms with Crippen molar-refractivity contribution in [3.63, 3.8) is 0 Å². The number of aliphatic hydroxyl groups excluding tert-OH is 2. The van der Waals surface area contributed by atoms with E-state index in [1.54, 1.807) is 6.08 Å². The molecule has 0 aromatic heterocycles. The van der Waals surface area contributed by atoms with Crippen LogP contribution < -0.4 is 0 Å². The number of hydrogen-bond acceptors (Lipinski definition) is 3. The first-order valence-electron chi connectivity index (χ1n) is 5.99. The van der Waals surface area contributed by atoms with Gasteiger partial charge in [0.2, 0.25) is 0 Å². The summed E-state index contributed by atoms with van der Waals surface area (Å²) >= 11 is 0. The number of unbranched alkanes of at least 4 members (excludes halogenated alkanes) is 4. The topological polar surface area (TPSA) is 60.7 Å². The normalized spacial score (nSPS) is 11.8. The second kappa shape index (κ2) is 10.9. The highest BCUT2D eigenvalue weighted by Gasteiger charge is 1.92. The Balaban J connectivity index is 3.67. The lowest BCUT2D eigenvalue weighted by Crippen LogP contribution is -1.83. The van der Waals surface area contributed by atoms with Crippen molar-refractivity contribution in [1.82, 2.24) is 0 Å². The summed E-state index contributed by atoms with van der Waals surface area (Å²) in [5, 5.41) is 25.8. The van der Waals surface area contributed by atoms with Crippen molar-refractivity contribution in [3.05, 3.63) is 48.2 Å². The number of hydrogen-bond donors (Lipinski definition) is 3. The minimum absolute atomic E-state index is 0.543. The zero-order chi connectivity index (χ0) is 12.9. The van der Waals surface area contributed by atoms with Crippen LogP contribution in [0.5, 0.6) is 0 Å². The van der Waals surface area contributed by atoms with Gasteiger partial charge in [0, 0.05) is 0 Å². The number of aliphatic hydroxyl groups is 3. The van der Waals surface area contributed by atoms with Crippen molar-refractivity contribution in [2.75, 3.05) is 0 Å². The van der Waals surface area contributed by atoms with Crippen LogP contribution in [0.3, 0.4) is 0 Å². The van der Waals surface area contributed by atoms with Crippen LogP contribution in [0.25, 0.3) is 0 Å².